The second-order valence-corrected chi connectivity index (χ2v) is 11.2. The number of amides is 1. The van der Waals surface area contributed by atoms with Crippen LogP contribution >= 0.6 is 15.9 Å². The van der Waals surface area contributed by atoms with E-state index in [4.69, 9.17) is 19.6 Å². The Hall–Kier alpha value is -4.34. The first-order valence-corrected chi connectivity index (χ1v) is 15.0. The molecule has 0 aliphatic carbocycles. The van der Waals surface area contributed by atoms with Crippen LogP contribution in [0.25, 0.3) is 6.08 Å². The minimum atomic E-state index is -1.51. The molecule has 4 aromatic carbocycles. The van der Waals surface area contributed by atoms with Crippen molar-refractivity contribution in [1.82, 2.24) is 5.32 Å². The van der Waals surface area contributed by atoms with Crippen molar-refractivity contribution in [2.75, 3.05) is 13.2 Å². The van der Waals surface area contributed by atoms with E-state index in [1.54, 1.807) is 24.3 Å². The number of halogens is 3. The van der Waals surface area contributed by atoms with E-state index >= 15 is 0 Å². The molecular weight excluding hydrogens is 630 g/mol. The molecule has 5 rings (SSSR count). The van der Waals surface area contributed by atoms with E-state index in [0.29, 0.717) is 29.9 Å². The maximum atomic E-state index is 14.5. The third-order valence-electron chi connectivity index (χ3n) is 7.23. The second kappa shape index (κ2) is 14.4. The number of aliphatic hydroxyl groups excluding tert-OH is 1. The van der Waals surface area contributed by atoms with Gasteiger partial charge in [0.1, 0.15) is 17.4 Å². The Labute approximate surface area is 263 Å². The smallest absolute Gasteiger partial charge is 0.252 e. The SMILES string of the molecule is O=C(NCc1c(F)cccc1F)[C@]1(C/C=C/c2ccccc2)N=C(c2ccc(OCCCO)cc2)O[C@@H]1c1ccc(Br)cc1. The number of carbonyl (C=O) groups excluding carboxylic acids is 1. The number of hydrogen-bond donors (Lipinski definition) is 2. The number of benzene rings is 4. The first kappa shape index (κ1) is 31.1. The van der Waals surface area contributed by atoms with E-state index < -0.39 is 29.2 Å². The lowest BCUT2D eigenvalue weighted by atomic mass is 9.84. The highest BCUT2D eigenvalue weighted by Crippen LogP contribution is 2.43. The van der Waals surface area contributed by atoms with Gasteiger partial charge in [-0.15, -0.1) is 0 Å². The van der Waals surface area contributed by atoms with Crippen LogP contribution in [-0.4, -0.2) is 35.7 Å². The zero-order valence-electron chi connectivity index (χ0n) is 23.8. The maximum Gasteiger partial charge on any atom is 0.252 e. The average molecular weight is 662 g/mol. The minimum Gasteiger partial charge on any atom is -0.494 e. The van der Waals surface area contributed by atoms with Crippen LogP contribution in [0.15, 0.2) is 113 Å². The van der Waals surface area contributed by atoms with Crippen molar-refractivity contribution in [3.05, 3.63) is 141 Å². The van der Waals surface area contributed by atoms with Crippen molar-refractivity contribution in [1.29, 1.82) is 0 Å². The summed E-state index contributed by atoms with van der Waals surface area (Å²) < 4.78 is 41.9. The molecule has 0 fully saturated rings. The lowest BCUT2D eigenvalue weighted by molar-refractivity contribution is -0.129. The molecule has 0 aromatic heterocycles. The summed E-state index contributed by atoms with van der Waals surface area (Å²) in [6, 6.07) is 27.7. The Morgan fingerprint density at radius 2 is 1.68 bits per heavy atom. The molecule has 0 saturated heterocycles. The van der Waals surface area contributed by atoms with Crippen molar-refractivity contribution in [3.63, 3.8) is 0 Å². The topological polar surface area (TPSA) is 80.2 Å². The average Bonchev–Trinajstić information content (AvgIpc) is 3.43. The molecule has 9 heteroatoms. The summed E-state index contributed by atoms with van der Waals surface area (Å²) in [7, 11) is 0. The second-order valence-electron chi connectivity index (χ2n) is 10.2. The highest BCUT2D eigenvalue weighted by Gasteiger charge is 2.52. The van der Waals surface area contributed by atoms with Crippen LogP contribution in [0.2, 0.25) is 0 Å². The van der Waals surface area contributed by atoms with Gasteiger partial charge in [-0.1, -0.05) is 76.6 Å². The first-order valence-electron chi connectivity index (χ1n) is 14.2. The molecule has 1 aliphatic rings. The highest BCUT2D eigenvalue weighted by atomic mass is 79.9. The van der Waals surface area contributed by atoms with Crippen LogP contribution in [0.4, 0.5) is 8.78 Å². The summed E-state index contributed by atoms with van der Waals surface area (Å²) in [5.74, 6) is -1.17. The summed E-state index contributed by atoms with van der Waals surface area (Å²) in [5, 5.41) is 11.8. The monoisotopic (exact) mass is 660 g/mol. The molecule has 0 spiro atoms. The summed E-state index contributed by atoms with van der Waals surface area (Å²) in [6.45, 7) is 0.0461. The fourth-order valence-corrected chi connectivity index (χ4v) is 5.18. The van der Waals surface area contributed by atoms with Crippen molar-refractivity contribution < 1.29 is 28.2 Å². The summed E-state index contributed by atoms with van der Waals surface area (Å²) in [5.41, 5.74) is 0.527. The molecule has 0 bridgehead atoms. The normalized spacial score (nSPS) is 17.7. The van der Waals surface area contributed by atoms with Crippen LogP contribution in [0.1, 0.15) is 41.2 Å². The lowest BCUT2D eigenvalue weighted by Crippen LogP contribution is -2.48. The largest absolute Gasteiger partial charge is 0.494 e. The highest BCUT2D eigenvalue weighted by molar-refractivity contribution is 9.10. The number of nitrogens with one attached hydrogen (secondary N) is 1. The van der Waals surface area contributed by atoms with Gasteiger partial charge in [0.25, 0.3) is 5.91 Å². The molecule has 0 saturated carbocycles. The number of rotatable bonds is 12. The van der Waals surface area contributed by atoms with E-state index in [9.17, 15) is 13.6 Å². The number of aliphatic imine (C=N–C) groups is 1. The van der Waals surface area contributed by atoms with Gasteiger partial charge in [0.15, 0.2) is 11.6 Å². The van der Waals surface area contributed by atoms with Crippen LogP contribution in [0, 0.1) is 11.6 Å². The third-order valence-corrected chi connectivity index (χ3v) is 7.76. The van der Waals surface area contributed by atoms with Gasteiger partial charge in [0.2, 0.25) is 5.90 Å². The Kier molecular flexibility index (Phi) is 10.2. The fourth-order valence-electron chi connectivity index (χ4n) is 4.91. The number of ether oxygens (including phenoxy) is 2. The van der Waals surface area contributed by atoms with Crippen molar-refractivity contribution in [2.45, 2.75) is 31.0 Å². The first-order chi connectivity index (χ1) is 21.4. The van der Waals surface area contributed by atoms with Gasteiger partial charge in [-0.2, -0.15) is 0 Å². The number of hydrogen-bond acceptors (Lipinski definition) is 5. The molecule has 1 amide bonds. The predicted molar refractivity (Wildman–Crippen MR) is 169 cm³/mol. The van der Waals surface area contributed by atoms with E-state index in [1.165, 1.54) is 6.07 Å². The van der Waals surface area contributed by atoms with Crippen molar-refractivity contribution >= 4 is 33.8 Å². The molecule has 4 aromatic rings. The minimum absolute atomic E-state index is 0.0343. The molecule has 1 aliphatic heterocycles. The van der Waals surface area contributed by atoms with Crippen molar-refractivity contribution in [2.24, 2.45) is 4.99 Å². The fraction of sp³-hybridized carbons (Fsp3) is 0.200. The van der Waals surface area contributed by atoms with E-state index in [0.717, 1.165) is 22.2 Å². The Bertz CT molecular complexity index is 1610. The summed E-state index contributed by atoms with van der Waals surface area (Å²) in [4.78, 5) is 19.1. The van der Waals surface area contributed by atoms with Crippen LogP contribution in [0.5, 0.6) is 5.75 Å². The number of carbonyl (C=O) groups is 1. The standard InChI is InChI=1S/C35H31BrF2N2O4/c36-27-16-12-25(13-17-27)32-35(20-5-9-24-7-2-1-3-8-24,34(42)39-23-29-30(37)10-4-11-31(29)38)40-33(44-32)26-14-18-28(19-15-26)43-22-6-21-41/h1-5,7-19,32,41H,6,20-23H2,(H,39,42)/b9-5+/t32-,35-/m1/s1. The van der Waals surface area contributed by atoms with E-state index in [1.807, 2.05) is 66.7 Å². The molecule has 6 nitrogen and oxygen atoms in total. The van der Waals surface area contributed by atoms with Gasteiger partial charge in [-0.05, 0) is 59.7 Å². The van der Waals surface area contributed by atoms with Crippen LogP contribution in [-0.2, 0) is 16.1 Å². The molecule has 44 heavy (non-hydrogen) atoms. The van der Waals surface area contributed by atoms with Gasteiger partial charge in [0.05, 0.1) is 6.61 Å². The maximum absolute atomic E-state index is 14.5. The third kappa shape index (κ3) is 7.23. The Morgan fingerprint density at radius 1 is 0.977 bits per heavy atom. The number of aliphatic hydroxyl groups is 1. The van der Waals surface area contributed by atoms with Gasteiger partial charge in [-0.25, -0.2) is 13.8 Å². The molecule has 0 unspecified atom stereocenters. The zero-order chi connectivity index (χ0) is 30.9. The number of nitrogens with zero attached hydrogens (tertiary/aromatic N) is 1. The predicted octanol–water partition coefficient (Wildman–Crippen LogP) is 7.17. The molecule has 226 valence electrons. The van der Waals surface area contributed by atoms with Gasteiger partial charge in [0, 0.05) is 41.6 Å². The van der Waals surface area contributed by atoms with Gasteiger partial charge < -0.3 is 19.9 Å². The van der Waals surface area contributed by atoms with Crippen LogP contribution < -0.4 is 10.1 Å². The zero-order valence-corrected chi connectivity index (χ0v) is 25.3. The quantitative estimate of drug-likeness (QED) is 0.158. The van der Waals surface area contributed by atoms with E-state index in [2.05, 4.69) is 21.2 Å². The summed E-state index contributed by atoms with van der Waals surface area (Å²) in [6.07, 6.45) is 3.56. The summed E-state index contributed by atoms with van der Waals surface area (Å²) >= 11 is 3.46. The van der Waals surface area contributed by atoms with Gasteiger partial charge in [-0.3, -0.25) is 4.79 Å². The molecule has 2 atom stereocenters. The molecule has 1 heterocycles. The van der Waals surface area contributed by atoms with E-state index in [-0.39, 0.29) is 31.0 Å². The molecule has 2 N–H and O–H groups in total. The lowest BCUT2D eigenvalue weighted by Gasteiger charge is -2.30. The Morgan fingerprint density at radius 3 is 2.36 bits per heavy atom. The van der Waals surface area contributed by atoms with Crippen molar-refractivity contribution in [3.8, 4) is 5.75 Å². The Balaban J connectivity index is 1.53. The van der Waals surface area contributed by atoms with Crippen LogP contribution in [0.3, 0.4) is 0 Å². The molecule has 0 radical (unpaired) electrons. The molecular formula is C35H31BrF2N2O4. The van der Waals surface area contributed by atoms with Gasteiger partial charge >= 0.3 is 0 Å².